The van der Waals surface area contributed by atoms with E-state index < -0.39 is 0 Å². The van der Waals surface area contributed by atoms with E-state index in [1.807, 2.05) is 18.7 Å². The van der Waals surface area contributed by atoms with Gasteiger partial charge in [0.05, 0.1) is 0 Å². The van der Waals surface area contributed by atoms with Crippen LogP contribution in [0.15, 0.2) is 0 Å². The van der Waals surface area contributed by atoms with Gasteiger partial charge < -0.3 is 10.2 Å². The lowest BCUT2D eigenvalue weighted by Crippen LogP contribution is -2.43. The minimum atomic E-state index is 0.0737. The molecule has 3 heteroatoms. The molecule has 1 heterocycles. The first-order valence-corrected chi connectivity index (χ1v) is 5.74. The zero-order chi connectivity index (χ0) is 11.0. The van der Waals surface area contributed by atoms with Gasteiger partial charge in [0.25, 0.3) is 0 Å². The molecule has 1 aliphatic rings. The van der Waals surface area contributed by atoms with Gasteiger partial charge in [-0.25, -0.2) is 4.79 Å². The number of nitrogens with one attached hydrogen (secondary N) is 1. The third-order valence-corrected chi connectivity index (χ3v) is 2.69. The Bertz CT molecular complexity index is 151. The summed E-state index contributed by atoms with van der Waals surface area (Å²) in [6.07, 6.45) is 3.59. The van der Waals surface area contributed by atoms with Gasteiger partial charge in [0, 0.05) is 20.1 Å². The second-order valence-corrected chi connectivity index (χ2v) is 3.39. The lowest BCUT2D eigenvalue weighted by molar-refractivity contribution is 0.171. The molecule has 14 heavy (non-hydrogen) atoms. The smallest absolute Gasteiger partial charge is 0.317 e. The third kappa shape index (κ3) is 3.99. The number of amides is 2. The number of likely N-dealkylation sites (tertiary alicyclic amines) is 1. The molecule has 0 saturated carbocycles. The van der Waals surface area contributed by atoms with E-state index in [-0.39, 0.29) is 6.03 Å². The van der Waals surface area contributed by atoms with E-state index in [0.29, 0.717) is 0 Å². The van der Waals surface area contributed by atoms with Crippen LogP contribution >= 0.6 is 0 Å². The van der Waals surface area contributed by atoms with Gasteiger partial charge in [-0.15, -0.1) is 0 Å². The first-order chi connectivity index (χ1) is 6.77. The van der Waals surface area contributed by atoms with Crippen molar-refractivity contribution in [3.8, 4) is 0 Å². The van der Waals surface area contributed by atoms with Crippen LogP contribution in [-0.4, -0.2) is 31.1 Å². The number of carbonyl (C=O) groups is 1. The topological polar surface area (TPSA) is 32.3 Å². The fraction of sp³-hybridized carbons (Fsp3) is 0.909. The maximum absolute atomic E-state index is 11.2. The van der Waals surface area contributed by atoms with Crippen LogP contribution < -0.4 is 5.32 Å². The predicted octanol–water partition coefficient (Wildman–Crippen LogP) is 2.47. The number of hydrogen-bond donors (Lipinski definition) is 1. The number of urea groups is 1. The maximum Gasteiger partial charge on any atom is 0.317 e. The lowest BCUT2D eigenvalue weighted by Gasteiger charge is -2.31. The van der Waals surface area contributed by atoms with E-state index in [2.05, 4.69) is 12.2 Å². The summed E-state index contributed by atoms with van der Waals surface area (Å²) in [5.41, 5.74) is 0. The van der Waals surface area contributed by atoms with Crippen LogP contribution in [0.5, 0.6) is 0 Å². The van der Waals surface area contributed by atoms with E-state index in [9.17, 15) is 4.79 Å². The highest BCUT2D eigenvalue weighted by molar-refractivity contribution is 5.73. The van der Waals surface area contributed by atoms with E-state index in [1.54, 1.807) is 7.05 Å². The summed E-state index contributed by atoms with van der Waals surface area (Å²) in [5.74, 6) is 0.839. The first-order valence-electron chi connectivity index (χ1n) is 5.74. The minimum Gasteiger partial charge on any atom is -0.341 e. The molecule has 0 bridgehead atoms. The van der Waals surface area contributed by atoms with E-state index in [0.717, 1.165) is 19.0 Å². The van der Waals surface area contributed by atoms with Gasteiger partial charge >= 0.3 is 6.03 Å². The summed E-state index contributed by atoms with van der Waals surface area (Å²) < 4.78 is 0. The summed E-state index contributed by atoms with van der Waals surface area (Å²) in [6, 6.07) is 0.0737. The van der Waals surface area contributed by atoms with Crippen LogP contribution in [0.2, 0.25) is 0 Å². The number of rotatable bonds is 1. The van der Waals surface area contributed by atoms with Gasteiger partial charge in [-0.05, 0) is 18.8 Å². The molecule has 0 atom stereocenters. The van der Waals surface area contributed by atoms with Crippen LogP contribution in [0.3, 0.4) is 0 Å². The number of hydrogen-bond acceptors (Lipinski definition) is 1. The molecule has 1 fully saturated rings. The van der Waals surface area contributed by atoms with Gasteiger partial charge in [0.15, 0.2) is 0 Å². The fourth-order valence-corrected chi connectivity index (χ4v) is 1.70. The van der Waals surface area contributed by atoms with Crippen molar-refractivity contribution in [3.05, 3.63) is 0 Å². The average molecular weight is 200 g/mol. The second kappa shape index (κ2) is 7.65. The molecule has 0 aromatic carbocycles. The molecule has 0 aromatic heterocycles. The van der Waals surface area contributed by atoms with Crippen molar-refractivity contribution in [1.82, 2.24) is 10.2 Å². The predicted molar refractivity (Wildman–Crippen MR) is 60.4 cm³/mol. The summed E-state index contributed by atoms with van der Waals surface area (Å²) in [7, 11) is 1.69. The van der Waals surface area contributed by atoms with Gasteiger partial charge in [-0.3, -0.25) is 0 Å². The Hall–Kier alpha value is -0.730. The van der Waals surface area contributed by atoms with Crippen molar-refractivity contribution in [2.75, 3.05) is 20.1 Å². The van der Waals surface area contributed by atoms with Crippen LogP contribution in [0, 0.1) is 5.92 Å². The van der Waals surface area contributed by atoms with Crippen LogP contribution in [0.1, 0.15) is 40.0 Å². The Morgan fingerprint density at radius 2 is 1.86 bits per heavy atom. The van der Waals surface area contributed by atoms with Gasteiger partial charge in [-0.1, -0.05) is 27.2 Å². The highest BCUT2D eigenvalue weighted by Crippen LogP contribution is 2.19. The lowest BCUT2D eigenvalue weighted by atomic mass is 9.95. The largest absolute Gasteiger partial charge is 0.341 e. The van der Waals surface area contributed by atoms with Crippen LogP contribution in [0.4, 0.5) is 4.79 Å². The first kappa shape index (κ1) is 13.3. The van der Waals surface area contributed by atoms with Gasteiger partial charge in [0.2, 0.25) is 0 Å². The van der Waals surface area contributed by atoms with Crippen molar-refractivity contribution in [1.29, 1.82) is 0 Å². The fourth-order valence-electron chi connectivity index (χ4n) is 1.70. The molecule has 0 radical (unpaired) electrons. The van der Waals surface area contributed by atoms with E-state index >= 15 is 0 Å². The molecule has 2 amide bonds. The summed E-state index contributed by atoms with van der Waals surface area (Å²) in [6.45, 7) is 8.08. The average Bonchev–Trinajstić information content (AvgIpc) is 2.31. The molecular formula is C11H24N2O. The molecule has 0 aromatic rings. The standard InChI is InChI=1S/C9H18N2O.C2H6/c1-3-8-4-6-11(7-5-8)9(12)10-2;1-2/h8H,3-7H2,1-2H3,(H,10,12);1-2H3. The Kier molecular flexibility index (Phi) is 7.25. The van der Waals surface area contributed by atoms with E-state index in [4.69, 9.17) is 0 Å². The molecule has 1 aliphatic heterocycles. The van der Waals surface area contributed by atoms with Crippen molar-refractivity contribution in [3.63, 3.8) is 0 Å². The van der Waals surface area contributed by atoms with Crippen molar-refractivity contribution >= 4 is 6.03 Å². The summed E-state index contributed by atoms with van der Waals surface area (Å²) in [5, 5.41) is 2.65. The van der Waals surface area contributed by atoms with Crippen LogP contribution in [0.25, 0.3) is 0 Å². The van der Waals surface area contributed by atoms with Crippen molar-refractivity contribution < 1.29 is 4.79 Å². The molecular weight excluding hydrogens is 176 g/mol. The Labute approximate surface area is 87.9 Å². The quantitative estimate of drug-likeness (QED) is 0.693. The SMILES string of the molecule is CC.CCC1CCN(C(=O)NC)CC1. The number of carbonyl (C=O) groups excluding carboxylic acids is 1. The molecule has 1 saturated heterocycles. The molecule has 3 nitrogen and oxygen atoms in total. The second-order valence-electron chi connectivity index (χ2n) is 3.39. The number of nitrogens with zero attached hydrogens (tertiary/aromatic N) is 1. The highest BCUT2D eigenvalue weighted by atomic mass is 16.2. The zero-order valence-electron chi connectivity index (χ0n) is 9.97. The molecule has 84 valence electrons. The minimum absolute atomic E-state index is 0.0737. The van der Waals surface area contributed by atoms with E-state index in [1.165, 1.54) is 19.3 Å². The number of piperidine rings is 1. The third-order valence-electron chi connectivity index (χ3n) is 2.69. The monoisotopic (exact) mass is 200 g/mol. The Balaban J connectivity index is 0.000000791. The molecule has 0 spiro atoms. The normalized spacial score (nSPS) is 17.0. The summed E-state index contributed by atoms with van der Waals surface area (Å²) in [4.78, 5) is 13.1. The molecule has 1 N–H and O–H groups in total. The van der Waals surface area contributed by atoms with Gasteiger partial charge in [0.1, 0.15) is 0 Å². The molecule has 0 aliphatic carbocycles. The Morgan fingerprint density at radius 1 is 1.36 bits per heavy atom. The van der Waals surface area contributed by atoms with Crippen molar-refractivity contribution in [2.45, 2.75) is 40.0 Å². The maximum atomic E-state index is 11.2. The summed E-state index contributed by atoms with van der Waals surface area (Å²) >= 11 is 0. The zero-order valence-corrected chi connectivity index (χ0v) is 9.97. The molecule has 1 rings (SSSR count). The van der Waals surface area contributed by atoms with Crippen LogP contribution in [-0.2, 0) is 0 Å². The Morgan fingerprint density at radius 3 is 2.21 bits per heavy atom. The highest BCUT2D eigenvalue weighted by Gasteiger charge is 2.20. The van der Waals surface area contributed by atoms with Crippen molar-refractivity contribution in [2.24, 2.45) is 5.92 Å². The van der Waals surface area contributed by atoms with Gasteiger partial charge in [-0.2, -0.15) is 0 Å². The molecule has 0 unspecified atom stereocenters.